The predicted molar refractivity (Wildman–Crippen MR) is 49.4 cm³/mol. The van der Waals surface area contributed by atoms with Gasteiger partial charge < -0.3 is 20.1 Å². The van der Waals surface area contributed by atoms with Crippen LogP contribution in [0.2, 0.25) is 0 Å². The number of rotatable bonds is 1. The molecular formula is C9H20O4. The molecule has 1 heterocycles. The Kier molecular flexibility index (Phi) is 6.24. The molecule has 1 saturated heterocycles. The minimum absolute atomic E-state index is 0.196. The Balaban J connectivity index is 0.000000671. The normalized spacial score (nSPS) is 39.2. The van der Waals surface area contributed by atoms with Crippen molar-refractivity contribution in [3.8, 4) is 0 Å². The minimum Gasteiger partial charge on any atom is -0.394 e. The lowest BCUT2D eigenvalue weighted by Crippen LogP contribution is -2.47. The van der Waals surface area contributed by atoms with Crippen LogP contribution in [0.4, 0.5) is 0 Å². The van der Waals surface area contributed by atoms with Gasteiger partial charge in [-0.2, -0.15) is 0 Å². The van der Waals surface area contributed by atoms with Crippen molar-refractivity contribution in [2.75, 3.05) is 6.61 Å². The van der Waals surface area contributed by atoms with Gasteiger partial charge in [0.1, 0.15) is 6.10 Å². The summed E-state index contributed by atoms with van der Waals surface area (Å²) in [5.41, 5.74) is 0. The standard InChI is InChI=1S/C7H14O4.C2H6/c1-4-5(9)2-6(10)7(3-8)11-4;1-2/h4-10H,2-3H2,1H3;1-2H3. The van der Waals surface area contributed by atoms with Crippen LogP contribution in [-0.2, 0) is 4.74 Å². The quantitative estimate of drug-likeness (QED) is 0.543. The van der Waals surface area contributed by atoms with Crippen molar-refractivity contribution in [2.45, 2.75) is 51.6 Å². The van der Waals surface area contributed by atoms with Gasteiger partial charge in [0, 0.05) is 6.42 Å². The topological polar surface area (TPSA) is 69.9 Å². The lowest BCUT2D eigenvalue weighted by atomic mass is 10.00. The van der Waals surface area contributed by atoms with Crippen LogP contribution >= 0.6 is 0 Å². The van der Waals surface area contributed by atoms with Gasteiger partial charge in [0.15, 0.2) is 0 Å². The number of ether oxygens (including phenoxy) is 1. The number of aliphatic hydroxyl groups excluding tert-OH is 3. The highest BCUT2D eigenvalue weighted by atomic mass is 16.5. The van der Waals surface area contributed by atoms with E-state index in [1.807, 2.05) is 13.8 Å². The Hall–Kier alpha value is -0.160. The Morgan fingerprint density at radius 1 is 1.23 bits per heavy atom. The molecule has 0 aromatic carbocycles. The summed E-state index contributed by atoms with van der Waals surface area (Å²) in [6, 6.07) is 0. The van der Waals surface area contributed by atoms with Crippen LogP contribution in [-0.4, -0.2) is 46.3 Å². The Morgan fingerprint density at radius 3 is 2.23 bits per heavy atom. The van der Waals surface area contributed by atoms with Gasteiger partial charge in [0.05, 0.1) is 24.9 Å². The van der Waals surface area contributed by atoms with Crippen molar-refractivity contribution in [1.82, 2.24) is 0 Å². The molecule has 4 nitrogen and oxygen atoms in total. The zero-order valence-corrected chi connectivity index (χ0v) is 8.47. The molecule has 4 unspecified atom stereocenters. The Morgan fingerprint density at radius 2 is 1.77 bits per heavy atom. The third-order valence-corrected chi connectivity index (χ3v) is 2.02. The number of aliphatic hydroxyl groups is 3. The van der Waals surface area contributed by atoms with Crippen molar-refractivity contribution in [2.24, 2.45) is 0 Å². The summed E-state index contributed by atoms with van der Waals surface area (Å²) in [5.74, 6) is 0. The molecule has 1 fully saturated rings. The zero-order chi connectivity index (χ0) is 10.4. The molecule has 1 rings (SSSR count). The molecule has 3 N–H and O–H groups in total. The molecule has 13 heavy (non-hydrogen) atoms. The van der Waals surface area contributed by atoms with Gasteiger partial charge in [0.25, 0.3) is 0 Å². The van der Waals surface area contributed by atoms with Crippen LogP contribution in [0, 0.1) is 0 Å². The van der Waals surface area contributed by atoms with Crippen molar-refractivity contribution in [3.63, 3.8) is 0 Å². The van der Waals surface area contributed by atoms with Gasteiger partial charge in [-0.05, 0) is 6.92 Å². The average Bonchev–Trinajstić information content (AvgIpc) is 2.15. The fourth-order valence-corrected chi connectivity index (χ4v) is 1.21. The second kappa shape index (κ2) is 6.32. The van der Waals surface area contributed by atoms with E-state index in [1.54, 1.807) is 6.92 Å². The van der Waals surface area contributed by atoms with Crippen LogP contribution in [0.15, 0.2) is 0 Å². The van der Waals surface area contributed by atoms with E-state index in [0.29, 0.717) is 0 Å². The average molecular weight is 192 g/mol. The van der Waals surface area contributed by atoms with Crippen LogP contribution in [0.1, 0.15) is 27.2 Å². The lowest BCUT2D eigenvalue weighted by Gasteiger charge is -2.34. The molecular weight excluding hydrogens is 172 g/mol. The molecule has 0 bridgehead atoms. The highest BCUT2D eigenvalue weighted by molar-refractivity contribution is 4.81. The Labute approximate surface area is 79.2 Å². The first kappa shape index (κ1) is 12.8. The summed E-state index contributed by atoms with van der Waals surface area (Å²) in [6.45, 7) is 5.53. The van der Waals surface area contributed by atoms with E-state index in [9.17, 15) is 10.2 Å². The van der Waals surface area contributed by atoms with Gasteiger partial charge in [0.2, 0.25) is 0 Å². The smallest absolute Gasteiger partial charge is 0.107 e. The van der Waals surface area contributed by atoms with Crippen LogP contribution in [0.3, 0.4) is 0 Å². The number of hydrogen-bond acceptors (Lipinski definition) is 4. The summed E-state index contributed by atoms with van der Waals surface area (Å²) in [5, 5.41) is 27.1. The van der Waals surface area contributed by atoms with Gasteiger partial charge >= 0.3 is 0 Å². The third-order valence-electron chi connectivity index (χ3n) is 2.02. The molecule has 0 spiro atoms. The highest BCUT2D eigenvalue weighted by Gasteiger charge is 2.32. The predicted octanol–water partition coefficient (Wildman–Crippen LogP) is -0.0959. The molecule has 0 saturated carbocycles. The molecule has 4 atom stereocenters. The molecule has 0 aliphatic carbocycles. The van der Waals surface area contributed by atoms with Gasteiger partial charge in [-0.3, -0.25) is 0 Å². The molecule has 1 aliphatic heterocycles. The highest BCUT2D eigenvalue weighted by Crippen LogP contribution is 2.19. The molecule has 4 heteroatoms. The van der Waals surface area contributed by atoms with Crippen LogP contribution in [0.25, 0.3) is 0 Å². The SMILES string of the molecule is CC.CC1OC(CO)C(O)CC1O. The van der Waals surface area contributed by atoms with E-state index in [0.717, 1.165) is 0 Å². The lowest BCUT2D eigenvalue weighted by molar-refractivity contribution is -0.173. The van der Waals surface area contributed by atoms with Crippen LogP contribution < -0.4 is 0 Å². The number of hydrogen-bond donors (Lipinski definition) is 3. The summed E-state index contributed by atoms with van der Waals surface area (Å²) >= 11 is 0. The summed E-state index contributed by atoms with van der Waals surface area (Å²) < 4.78 is 5.11. The second-order valence-electron chi connectivity index (χ2n) is 2.93. The van der Waals surface area contributed by atoms with E-state index >= 15 is 0 Å². The van der Waals surface area contributed by atoms with E-state index in [4.69, 9.17) is 9.84 Å². The molecule has 80 valence electrons. The maximum absolute atomic E-state index is 9.21. The second-order valence-corrected chi connectivity index (χ2v) is 2.93. The van der Waals surface area contributed by atoms with E-state index in [1.165, 1.54) is 0 Å². The summed E-state index contributed by atoms with van der Waals surface area (Å²) in [6.07, 6.45) is -1.91. The van der Waals surface area contributed by atoms with Crippen molar-refractivity contribution in [1.29, 1.82) is 0 Å². The van der Waals surface area contributed by atoms with Crippen molar-refractivity contribution >= 4 is 0 Å². The largest absolute Gasteiger partial charge is 0.394 e. The molecule has 0 aromatic rings. The summed E-state index contributed by atoms with van der Waals surface area (Å²) in [7, 11) is 0. The fourth-order valence-electron chi connectivity index (χ4n) is 1.21. The van der Waals surface area contributed by atoms with Crippen molar-refractivity contribution in [3.05, 3.63) is 0 Å². The molecule has 1 aliphatic rings. The van der Waals surface area contributed by atoms with Crippen molar-refractivity contribution < 1.29 is 20.1 Å². The molecule has 0 amide bonds. The summed E-state index contributed by atoms with van der Waals surface area (Å²) in [4.78, 5) is 0. The van der Waals surface area contributed by atoms with E-state index in [-0.39, 0.29) is 19.1 Å². The zero-order valence-electron chi connectivity index (χ0n) is 8.47. The van der Waals surface area contributed by atoms with E-state index in [2.05, 4.69) is 0 Å². The first-order valence-electron chi connectivity index (χ1n) is 4.77. The maximum Gasteiger partial charge on any atom is 0.107 e. The minimum atomic E-state index is -0.744. The molecule has 0 aromatic heterocycles. The fraction of sp³-hybridized carbons (Fsp3) is 1.00. The van der Waals surface area contributed by atoms with E-state index < -0.39 is 18.3 Å². The Bertz CT molecular complexity index is 129. The molecule has 0 radical (unpaired) electrons. The van der Waals surface area contributed by atoms with Gasteiger partial charge in [-0.15, -0.1) is 0 Å². The van der Waals surface area contributed by atoms with Gasteiger partial charge in [-0.25, -0.2) is 0 Å². The first-order valence-corrected chi connectivity index (χ1v) is 4.77. The first-order chi connectivity index (χ1) is 6.15. The maximum atomic E-state index is 9.21. The van der Waals surface area contributed by atoms with Crippen LogP contribution in [0.5, 0.6) is 0 Å². The van der Waals surface area contributed by atoms with Gasteiger partial charge in [-0.1, -0.05) is 13.8 Å². The monoisotopic (exact) mass is 192 g/mol. The third kappa shape index (κ3) is 3.60.